The summed E-state index contributed by atoms with van der Waals surface area (Å²) in [6, 6.07) is 0. The summed E-state index contributed by atoms with van der Waals surface area (Å²) < 4.78 is 12.0. The zero-order valence-electron chi connectivity index (χ0n) is 7.69. The highest BCUT2D eigenvalue weighted by Crippen LogP contribution is 2.24. The molecule has 0 N–H and O–H groups in total. The number of esters is 1. The van der Waals surface area contributed by atoms with Crippen LogP contribution in [0.5, 0.6) is 0 Å². The van der Waals surface area contributed by atoms with Gasteiger partial charge in [-0.15, -0.1) is 0 Å². The minimum Gasteiger partial charge on any atom is -0.464 e. The maximum atomic E-state index is 11.0. The van der Waals surface area contributed by atoms with Crippen LogP contribution in [0, 0.1) is 0 Å². The van der Waals surface area contributed by atoms with Crippen LogP contribution in [0.15, 0.2) is 6.07 Å². The van der Waals surface area contributed by atoms with Crippen LogP contribution < -0.4 is 0 Å². The highest BCUT2D eigenvalue weighted by molar-refractivity contribution is 14.1. The van der Waals surface area contributed by atoms with Gasteiger partial charge in [0, 0.05) is 3.58 Å². The van der Waals surface area contributed by atoms with E-state index in [1.807, 2.05) is 6.92 Å². The maximum absolute atomic E-state index is 11.0. The molecule has 0 unspecified atom stereocenters. The van der Waals surface area contributed by atoms with Crippen LogP contribution in [-0.2, 0) is 14.3 Å². The first kappa shape index (κ1) is 15.1. The van der Waals surface area contributed by atoms with Gasteiger partial charge in [0.25, 0.3) is 0 Å². The molecule has 0 rings (SSSR count). The van der Waals surface area contributed by atoms with Crippen LogP contribution in [-0.4, -0.2) is 25.8 Å². The molecule has 0 saturated carbocycles. The van der Waals surface area contributed by atoms with Crippen molar-refractivity contribution in [1.29, 1.82) is 0 Å². The SMILES string of the molecule is CCCOC(=O)COC/C(I)=C(/Br)I. The third-order valence-corrected chi connectivity index (χ3v) is 4.87. The van der Waals surface area contributed by atoms with Crippen LogP contribution >= 0.6 is 61.1 Å². The van der Waals surface area contributed by atoms with Crippen molar-refractivity contribution in [2.24, 2.45) is 0 Å². The normalized spacial score (nSPS) is 12.3. The monoisotopic (exact) mass is 488 g/mol. The Labute approximate surface area is 119 Å². The molecule has 82 valence electrons. The number of rotatable bonds is 6. The van der Waals surface area contributed by atoms with Gasteiger partial charge in [-0.1, -0.05) is 6.92 Å². The van der Waals surface area contributed by atoms with Gasteiger partial charge in [-0.2, -0.15) is 0 Å². The first-order valence-electron chi connectivity index (χ1n) is 4.01. The molecule has 0 saturated heterocycles. The summed E-state index contributed by atoms with van der Waals surface area (Å²) in [7, 11) is 0. The summed E-state index contributed by atoms with van der Waals surface area (Å²) in [4.78, 5) is 11.0. The Hall–Kier alpha value is 1.11. The molecule has 0 aromatic heterocycles. The van der Waals surface area contributed by atoms with E-state index in [1.165, 1.54) is 0 Å². The van der Waals surface area contributed by atoms with Crippen LogP contribution in [0.1, 0.15) is 13.3 Å². The van der Waals surface area contributed by atoms with E-state index < -0.39 is 0 Å². The summed E-state index contributed by atoms with van der Waals surface area (Å²) in [5.74, 6) is -0.305. The van der Waals surface area contributed by atoms with Crippen molar-refractivity contribution in [1.82, 2.24) is 0 Å². The predicted molar refractivity (Wildman–Crippen MR) is 76.1 cm³/mol. The van der Waals surface area contributed by atoms with Crippen molar-refractivity contribution in [3.8, 4) is 0 Å². The molecule has 0 bridgehead atoms. The van der Waals surface area contributed by atoms with Crippen molar-refractivity contribution in [3.63, 3.8) is 0 Å². The van der Waals surface area contributed by atoms with Crippen LogP contribution in [0.25, 0.3) is 0 Å². The van der Waals surface area contributed by atoms with Gasteiger partial charge >= 0.3 is 5.97 Å². The van der Waals surface area contributed by atoms with Crippen molar-refractivity contribution in [2.45, 2.75) is 13.3 Å². The number of carbonyl (C=O) groups is 1. The Morgan fingerprint density at radius 2 is 2.00 bits per heavy atom. The van der Waals surface area contributed by atoms with Gasteiger partial charge in [-0.3, -0.25) is 0 Å². The van der Waals surface area contributed by atoms with E-state index in [0.29, 0.717) is 13.2 Å². The zero-order valence-corrected chi connectivity index (χ0v) is 13.6. The topological polar surface area (TPSA) is 35.5 Å². The van der Waals surface area contributed by atoms with Gasteiger partial charge < -0.3 is 9.47 Å². The van der Waals surface area contributed by atoms with Gasteiger partial charge in [0.1, 0.15) is 6.61 Å². The standard InChI is InChI=1S/C8H11BrI2O3/c1-2-3-14-7(12)5-13-4-6(10)8(9)11/h2-5H2,1H3/b8-6+. The molecule has 0 aromatic rings. The van der Waals surface area contributed by atoms with E-state index in [1.54, 1.807) is 0 Å². The van der Waals surface area contributed by atoms with Gasteiger partial charge in [-0.25, -0.2) is 4.79 Å². The van der Waals surface area contributed by atoms with Gasteiger partial charge in [-0.05, 0) is 67.5 Å². The van der Waals surface area contributed by atoms with Crippen molar-refractivity contribution in [2.75, 3.05) is 19.8 Å². The number of hydrogen-bond acceptors (Lipinski definition) is 3. The number of carbonyl (C=O) groups excluding carboxylic acids is 1. The summed E-state index contributed by atoms with van der Waals surface area (Å²) in [5, 5.41) is 0. The van der Waals surface area contributed by atoms with E-state index in [0.717, 1.165) is 12.5 Å². The predicted octanol–water partition coefficient (Wildman–Crippen LogP) is 3.39. The number of hydrogen-bond donors (Lipinski definition) is 0. The Kier molecular flexibility index (Phi) is 10.1. The molecule has 0 aliphatic heterocycles. The molecule has 0 radical (unpaired) electrons. The molecular weight excluding hydrogens is 478 g/mol. The van der Waals surface area contributed by atoms with E-state index in [9.17, 15) is 4.79 Å². The lowest BCUT2D eigenvalue weighted by molar-refractivity contribution is -0.148. The molecule has 0 heterocycles. The zero-order chi connectivity index (χ0) is 11.0. The third-order valence-electron chi connectivity index (χ3n) is 1.12. The summed E-state index contributed by atoms with van der Waals surface area (Å²) in [5.41, 5.74) is 0. The Bertz CT molecular complexity index is 215. The fourth-order valence-electron chi connectivity index (χ4n) is 0.536. The summed E-state index contributed by atoms with van der Waals surface area (Å²) in [6.07, 6.45) is 0.836. The van der Waals surface area contributed by atoms with E-state index >= 15 is 0 Å². The van der Waals surface area contributed by atoms with Gasteiger partial charge in [0.15, 0.2) is 0 Å². The molecule has 0 aromatic carbocycles. The largest absolute Gasteiger partial charge is 0.464 e. The smallest absolute Gasteiger partial charge is 0.332 e. The molecule has 6 heteroatoms. The molecule has 3 nitrogen and oxygen atoms in total. The van der Waals surface area contributed by atoms with E-state index in [-0.39, 0.29) is 12.6 Å². The molecule has 14 heavy (non-hydrogen) atoms. The second-order valence-electron chi connectivity index (χ2n) is 2.38. The Morgan fingerprint density at radius 1 is 1.36 bits per heavy atom. The van der Waals surface area contributed by atoms with Crippen molar-refractivity contribution in [3.05, 3.63) is 6.07 Å². The van der Waals surface area contributed by atoms with Crippen LogP contribution in [0.4, 0.5) is 0 Å². The van der Waals surface area contributed by atoms with Crippen LogP contribution in [0.3, 0.4) is 0 Å². The number of halogens is 3. The average molecular weight is 489 g/mol. The van der Waals surface area contributed by atoms with Crippen molar-refractivity contribution >= 4 is 67.1 Å². The maximum Gasteiger partial charge on any atom is 0.332 e. The molecule has 0 amide bonds. The second kappa shape index (κ2) is 9.34. The average Bonchev–Trinajstić information content (AvgIpc) is 2.14. The molecule has 0 aliphatic rings. The summed E-state index contributed by atoms with van der Waals surface area (Å²) >= 11 is 7.61. The van der Waals surface area contributed by atoms with Crippen LogP contribution in [0.2, 0.25) is 0 Å². The highest BCUT2D eigenvalue weighted by atomic mass is 127. The lowest BCUT2D eigenvalue weighted by Crippen LogP contribution is -2.13. The second-order valence-corrected chi connectivity index (χ2v) is 7.03. The molecule has 0 aliphatic carbocycles. The lowest BCUT2D eigenvalue weighted by Gasteiger charge is -2.04. The lowest BCUT2D eigenvalue weighted by atomic mass is 10.5. The van der Waals surface area contributed by atoms with Gasteiger partial charge in [0.2, 0.25) is 0 Å². The molecular formula is C8H11BrI2O3. The van der Waals surface area contributed by atoms with Crippen molar-refractivity contribution < 1.29 is 14.3 Å². The first-order chi connectivity index (χ1) is 6.57. The highest BCUT2D eigenvalue weighted by Gasteiger charge is 2.03. The molecule has 0 fully saturated rings. The molecule has 0 spiro atoms. The summed E-state index contributed by atoms with van der Waals surface area (Å²) in [6.45, 7) is 2.87. The van der Waals surface area contributed by atoms with Gasteiger partial charge in [0.05, 0.1) is 15.7 Å². The first-order valence-corrected chi connectivity index (χ1v) is 6.96. The fourth-order valence-corrected chi connectivity index (χ4v) is 1.03. The van der Waals surface area contributed by atoms with E-state index in [4.69, 9.17) is 9.47 Å². The Balaban J connectivity index is 3.54. The minimum absolute atomic E-state index is 0.0173. The molecule has 0 atom stereocenters. The minimum atomic E-state index is -0.305. The number of ether oxygens (including phenoxy) is 2. The quantitative estimate of drug-likeness (QED) is 0.425. The van der Waals surface area contributed by atoms with E-state index in [2.05, 4.69) is 61.1 Å². The fraction of sp³-hybridized carbons (Fsp3) is 0.625. The Morgan fingerprint density at radius 3 is 2.50 bits per heavy atom. The third kappa shape index (κ3) is 8.42.